The first kappa shape index (κ1) is 15.4. The molecule has 2 aromatic rings. The van der Waals surface area contributed by atoms with E-state index in [0.29, 0.717) is 22.1 Å². The molecule has 0 spiro atoms. The lowest BCUT2D eigenvalue weighted by Gasteiger charge is -2.14. The van der Waals surface area contributed by atoms with Gasteiger partial charge in [-0.25, -0.2) is 4.39 Å². The van der Waals surface area contributed by atoms with E-state index in [1.807, 2.05) is 12.3 Å². The van der Waals surface area contributed by atoms with Gasteiger partial charge in [-0.05, 0) is 23.9 Å². The highest BCUT2D eigenvalue weighted by atomic mass is 35.5. The molecule has 0 bridgehead atoms. The highest BCUT2D eigenvalue weighted by Crippen LogP contribution is 2.42. The number of aryl methyl sites for hydroxylation is 1. The summed E-state index contributed by atoms with van der Waals surface area (Å²) in [6, 6.07) is 2.80. The molecular weight excluding hydrogens is 322 g/mol. The first-order chi connectivity index (χ1) is 9.49. The molecule has 1 heterocycles. The predicted octanol–water partition coefficient (Wildman–Crippen LogP) is 5.19. The molecule has 0 radical (unpaired) electrons. The smallest absolute Gasteiger partial charge is 0.163 e. The van der Waals surface area contributed by atoms with Crippen molar-refractivity contribution in [2.45, 2.75) is 12.3 Å². The van der Waals surface area contributed by atoms with Gasteiger partial charge in [0.1, 0.15) is 5.82 Å². The van der Waals surface area contributed by atoms with Crippen molar-refractivity contribution >= 4 is 34.5 Å². The largest absolute Gasteiger partial charge is 0.493 e. The van der Waals surface area contributed by atoms with Gasteiger partial charge >= 0.3 is 0 Å². The van der Waals surface area contributed by atoms with E-state index in [2.05, 4.69) is 0 Å². The Morgan fingerprint density at radius 2 is 1.80 bits per heavy atom. The van der Waals surface area contributed by atoms with Crippen LogP contribution < -0.4 is 9.47 Å². The van der Waals surface area contributed by atoms with E-state index in [1.165, 1.54) is 37.7 Å². The second-order valence-electron chi connectivity index (χ2n) is 4.19. The zero-order valence-electron chi connectivity index (χ0n) is 11.2. The standard InChI is InChI=1S/C14H13Cl2FO2S/c1-7-6-20-14(12(7)15)13(16)8-4-10(18-2)11(19-3)5-9(8)17/h4-6,13H,1-3H3. The average molecular weight is 335 g/mol. The highest BCUT2D eigenvalue weighted by molar-refractivity contribution is 7.11. The van der Waals surface area contributed by atoms with Gasteiger partial charge in [-0.1, -0.05) is 11.6 Å². The summed E-state index contributed by atoms with van der Waals surface area (Å²) in [5.41, 5.74) is 1.24. The molecule has 0 aliphatic carbocycles. The number of hydrogen-bond donors (Lipinski definition) is 0. The molecule has 0 saturated heterocycles. The van der Waals surface area contributed by atoms with Crippen LogP contribution in [0.1, 0.15) is 21.4 Å². The molecular formula is C14H13Cl2FO2S. The molecule has 0 amide bonds. The number of benzene rings is 1. The number of halogens is 3. The quantitative estimate of drug-likeness (QED) is 0.716. The molecule has 1 aromatic carbocycles. The van der Waals surface area contributed by atoms with Crippen LogP contribution in [-0.4, -0.2) is 14.2 Å². The molecule has 0 aliphatic rings. The second-order valence-corrected chi connectivity index (χ2v) is 5.91. The van der Waals surface area contributed by atoms with Gasteiger partial charge in [0.25, 0.3) is 0 Å². The minimum atomic E-state index is -0.666. The van der Waals surface area contributed by atoms with Crippen molar-refractivity contribution in [3.05, 3.63) is 44.4 Å². The molecule has 1 aromatic heterocycles. The lowest BCUT2D eigenvalue weighted by atomic mass is 10.1. The minimum Gasteiger partial charge on any atom is -0.493 e. The van der Waals surface area contributed by atoms with Crippen LogP contribution in [0.15, 0.2) is 17.5 Å². The summed E-state index contributed by atoms with van der Waals surface area (Å²) >= 11 is 14.0. The number of hydrogen-bond acceptors (Lipinski definition) is 3. The van der Waals surface area contributed by atoms with Crippen LogP contribution in [0.25, 0.3) is 0 Å². The third kappa shape index (κ3) is 2.73. The van der Waals surface area contributed by atoms with Crippen molar-refractivity contribution in [1.82, 2.24) is 0 Å². The van der Waals surface area contributed by atoms with Crippen molar-refractivity contribution in [3.63, 3.8) is 0 Å². The lowest BCUT2D eigenvalue weighted by Crippen LogP contribution is -1.99. The lowest BCUT2D eigenvalue weighted by molar-refractivity contribution is 0.351. The van der Waals surface area contributed by atoms with E-state index in [1.54, 1.807) is 0 Å². The van der Waals surface area contributed by atoms with E-state index in [-0.39, 0.29) is 0 Å². The van der Waals surface area contributed by atoms with E-state index < -0.39 is 11.2 Å². The fraction of sp³-hybridized carbons (Fsp3) is 0.286. The van der Waals surface area contributed by atoms with Crippen LogP contribution in [0.2, 0.25) is 5.02 Å². The first-order valence-electron chi connectivity index (χ1n) is 5.78. The fourth-order valence-corrected chi connectivity index (χ4v) is 3.61. The maximum Gasteiger partial charge on any atom is 0.163 e. The molecule has 6 heteroatoms. The van der Waals surface area contributed by atoms with Gasteiger partial charge in [0, 0.05) is 16.5 Å². The van der Waals surface area contributed by atoms with Gasteiger partial charge in [0.2, 0.25) is 0 Å². The average Bonchev–Trinajstić information content (AvgIpc) is 2.78. The van der Waals surface area contributed by atoms with Gasteiger partial charge in [0.05, 0.1) is 24.6 Å². The SMILES string of the molecule is COc1cc(F)c(C(Cl)c2scc(C)c2Cl)cc1OC. The topological polar surface area (TPSA) is 18.5 Å². The Hall–Kier alpha value is -0.970. The number of ether oxygens (including phenoxy) is 2. The van der Waals surface area contributed by atoms with E-state index in [4.69, 9.17) is 32.7 Å². The number of alkyl halides is 1. The molecule has 2 rings (SSSR count). The third-order valence-electron chi connectivity index (χ3n) is 2.93. The fourth-order valence-electron chi connectivity index (χ4n) is 1.83. The van der Waals surface area contributed by atoms with Crippen LogP contribution in [0.5, 0.6) is 11.5 Å². The van der Waals surface area contributed by atoms with E-state index >= 15 is 0 Å². The molecule has 0 saturated carbocycles. The van der Waals surface area contributed by atoms with Crippen molar-refractivity contribution in [3.8, 4) is 11.5 Å². The molecule has 0 N–H and O–H groups in total. The molecule has 1 atom stereocenters. The molecule has 1 unspecified atom stereocenters. The summed E-state index contributed by atoms with van der Waals surface area (Å²) < 4.78 is 24.4. The summed E-state index contributed by atoms with van der Waals surface area (Å²) in [5.74, 6) is 0.301. The van der Waals surface area contributed by atoms with Crippen molar-refractivity contribution in [2.24, 2.45) is 0 Å². The summed E-state index contributed by atoms with van der Waals surface area (Å²) in [6.07, 6.45) is 0. The first-order valence-corrected chi connectivity index (χ1v) is 7.48. The van der Waals surface area contributed by atoms with Crippen LogP contribution in [0, 0.1) is 12.7 Å². The Morgan fingerprint density at radius 1 is 1.20 bits per heavy atom. The number of rotatable bonds is 4. The van der Waals surface area contributed by atoms with Gasteiger partial charge in [-0.2, -0.15) is 0 Å². The molecule has 0 aliphatic heterocycles. The molecule has 20 heavy (non-hydrogen) atoms. The zero-order chi connectivity index (χ0) is 14.9. The maximum atomic E-state index is 14.2. The van der Waals surface area contributed by atoms with E-state index in [9.17, 15) is 4.39 Å². The van der Waals surface area contributed by atoms with Crippen LogP contribution in [-0.2, 0) is 0 Å². The van der Waals surface area contributed by atoms with Gasteiger partial charge in [0.15, 0.2) is 11.5 Å². The monoisotopic (exact) mass is 334 g/mol. The predicted molar refractivity (Wildman–Crippen MR) is 81.3 cm³/mol. The Balaban J connectivity index is 2.49. The Kier molecular flexibility index (Phi) is 4.78. The Bertz CT molecular complexity index is 628. The molecule has 0 fully saturated rings. The number of thiophene rings is 1. The van der Waals surface area contributed by atoms with Crippen molar-refractivity contribution in [1.29, 1.82) is 0 Å². The summed E-state index contributed by atoms with van der Waals surface area (Å²) in [4.78, 5) is 0.719. The van der Waals surface area contributed by atoms with Crippen molar-refractivity contribution in [2.75, 3.05) is 14.2 Å². The molecule has 2 nitrogen and oxygen atoms in total. The van der Waals surface area contributed by atoms with Gasteiger partial charge < -0.3 is 9.47 Å². The minimum absolute atomic E-state index is 0.313. The van der Waals surface area contributed by atoms with Gasteiger partial charge in [-0.3, -0.25) is 0 Å². The summed E-state index contributed by atoms with van der Waals surface area (Å²) in [6.45, 7) is 1.89. The molecule has 108 valence electrons. The van der Waals surface area contributed by atoms with Gasteiger partial charge in [-0.15, -0.1) is 22.9 Å². The van der Waals surface area contributed by atoms with Crippen LogP contribution in [0.3, 0.4) is 0 Å². The second kappa shape index (κ2) is 6.20. The summed E-state index contributed by atoms with van der Waals surface area (Å²) in [5, 5.41) is 1.80. The highest BCUT2D eigenvalue weighted by Gasteiger charge is 2.23. The third-order valence-corrected chi connectivity index (χ3v) is 5.29. The number of methoxy groups -OCH3 is 2. The van der Waals surface area contributed by atoms with Crippen molar-refractivity contribution < 1.29 is 13.9 Å². The van der Waals surface area contributed by atoms with Crippen LogP contribution >= 0.6 is 34.5 Å². The summed E-state index contributed by atoms with van der Waals surface area (Å²) in [7, 11) is 2.94. The maximum absolute atomic E-state index is 14.2. The normalized spacial score (nSPS) is 12.3. The Labute approximate surface area is 131 Å². The zero-order valence-corrected chi connectivity index (χ0v) is 13.5. The van der Waals surface area contributed by atoms with Crippen LogP contribution in [0.4, 0.5) is 4.39 Å². The Morgan fingerprint density at radius 3 is 2.30 bits per heavy atom. The van der Waals surface area contributed by atoms with E-state index in [0.717, 1.165) is 10.4 Å².